The third-order valence-electron chi connectivity index (χ3n) is 13.0. The SMILES string of the molecule is CC[C@H](C)[C@@H]([C@@H](CC(=O)N1CCC[C@H]1[C@H](OC)[C@@H](C)C(=O)N[C@@H](Cc1ccccc1)C(=O)O)OC)N(C)C(=O)[C@@H](NC(=O)[C@H](C(C)C)N(C)CCc1ccc(NC)cc1)C(C)C.O=C(O)C(F)(F)F. The van der Waals surface area contributed by atoms with Crippen molar-refractivity contribution in [2.45, 2.75) is 136 Å². The Morgan fingerprint density at radius 1 is 0.841 bits per heavy atom. The van der Waals surface area contributed by atoms with Crippen molar-refractivity contribution in [3.63, 3.8) is 0 Å². The van der Waals surface area contributed by atoms with Crippen LogP contribution in [0.4, 0.5) is 18.9 Å². The van der Waals surface area contributed by atoms with Gasteiger partial charge in [0.1, 0.15) is 12.1 Å². The van der Waals surface area contributed by atoms with Crippen molar-refractivity contribution in [2.24, 2.45) is 23.7 Å². The molecule has 0 saturated carbocycles. The van der Waals surface area contributed by atoms with Crippen molar-refractivity contribution in [1.29, 1.82) is 0 Å². The zero-order valence-electron chi connectivity index (χ0n) is 42.3. The summed E-state index contributed by atoms with van der Waals surface area (Å²) in [4.78, 5) is 83.1. The molecule has 69 heavy (non-hydrogen) atoms. The van der Waals surface area contributed by atoms with Crippen LogP contribution in [0.5, 0.6) is 0 Å². The highest BCUT2D eigenvalue weighted by atomic mass is 19.4. The third kappa shape index (κ3) is 17.9. The number of hydrogen-bond donors (Lipinski definition) is 5. The fourth-order valence-electron chi connectivity index (χ4n) is 8.93. The Morgan fingerprint density at radius 2 is 1.43 bits per heavy atom. The molecule has 1 saturated heterocycles. The van der Waals surface area contributed by atoms with Crippen LogP contribution in [0.15, 0.2) is 54.6 Å². The molecular weight excluding hydrogens is 902 g/mol. The lowest BCUT2D eigenvalue weighted by molar-refractivity contribution is -0.192. The summed E-state index contributed by atoms with van der Waals surface area (Å²) < 4.78 is 43.7. The summed E-state index contributed by atoms with van der Waals surface area (Å²) in [5.74, 6) is -6.10. The van der Waals surface area contributed by atoms with Crippen molar-refractivity contribution in [2.75, 3.05) is 53.8 Å². The van der Waals surface area contributed by atoms with Crippen molar-refractivity contribution in [1.82, 2.24) is 25.3 Å². The molecule has 9 atom stereocenters. The number of rotatable bonds is 25. The van der Waals surface area contributed by atoms with Crippen LogP contribution in [0.1, 0.15) is 85.3 Å². The number of hydrogen-bond acceptors (Lipinski definition) is 10. The third-order valence-corrected chi connectivity index (χ3v) is 13.0. The second kappa shape index (κ2) is 28.4. The van der Waals surface area contributed by atoms with E-state index in [-0.39, 0.29) is 48.3 Å². The quantitative estimate of drug-likeness (QED) is 0.0809. The van der Waals surface area contributed by atoms with Crippen LogP contribution < -0.4 is 16.0 Å². The highest BCUT2D eigenvalue weighted by Gasteiger charge is 2.44. The minimum Gasteiger partial charge on any atom is -0.480 e. The standard InChI is InChI=1S/C48H76N6O8.C2HF3O2/c1-13-32(6)43(53(10)47(58)41(30(2)3)51-46(57)42(31(4)5)52(9)27-25-34-21-23-36(49-8)24-22-34)39(61-11)29-40(55)54-26-17-20-38(54)44(62-12)33(7)45(56)50-37(48(59)60)28-35-18-15-14-16-19-35;3-2(4,5)1(6)7/h14-16,18-19,21-24,30-33,37-39,41-44,49H,13,17,20,25-29H2,1-12H3,(H,50,56)(H,51,57)(H,59,60);(H,6,7)/t32-,33+,37-,38-,39+,41-,42-,43-,44+;/m0./s1. The predicted molar refractivity (Wildman–Crippen MR) is 257 cm³/mol. The van der Waals surface area contributed by atoms with E-state index >= 15 is 0 Å². The first-order valence-corrected chi connectivity index (χ1v) is 23.6. The maximum atomic E-state index is 14.6. The molecule has 1 heterocycles. The molecule has 5 N–H and O–H groups in total. The van der Waals surface area contributed by atoms with Gasteiger partial charge in [0.25, 0.3) is 0 Å². The number of carbonyl (C=O) groups excluding carboxylic acids is 4. The molecule has 0 radical (unpaired) electrons. The lowest BCUT2D eigenvalue weighted by Gasteiger charge is -2.41. The molecule has 3 rings (SSSR count). The van der Waals surface area contributed by atoms with Gasteiger partial charge in [-0.25, -0.2) is 9.59 Å². The number of nitrogens with one attached hydrogen (secondary N) is 3. The van der Waals surface area contributed by atoms with E-state index in [4.69, 9.17) is 19.4 Å². The molecule has 4 amide bonds. The maximum Gasteiger partial charge on any atom is 0.490 e. The normalized spacial score (nSPS) is 17.4. The number of ether oxygens (including phenoxy) is 2. The largest absolute Gasteiger partial charge is 0.490 e. The molecule has 19 heteroatoms. The van der Waals surface area contributed by atoms with E-state index in [1.165, 1.54) is 12.7 Å². The van der Waals surface area contributed by atoms with Crippen molar-refractivity contribution < 1.29 is 61.6 Å². The molecule has 1 fully saturated rings. The number of methoxy groups -OCH3 is 2. The number of likely N-dealkylation sites (tertiary alicyclic amines) is 1. The minimum absolute atomic E-state index is 0.0187. The van der Waals surface area contributed by atoms with E-state index in [1.54, 1.807) is 30.9 Å². The number of anilines is 1. The Kier molecular flexibility index (Phi) is 24.6. The lowest BCUT2D eigenvalue weighted by Crippen LogP contribution is -2.60. The molecule has 0 aromatic heterocycles. The second-order valence-corrected chi connectivity index (χ2v) is 18.6. The summed E-state index contributed by atoms with van der Waals surface area (Å²) in [6.45, 7) is 14.7. The van der Waals surface area contributed by atoms with Gasteiger partial charge in [-0.1, -0.05) is 97.4 Å². The summed E-state index contributed by atoms with van der Waals surface area (Å²) >= 11 is 0. The topological polar surface area (TPSA) is 207 Å². The first kappa shape index (κ1) is 59.9. The molecule has 0 unspecified atom stereocenters. The van der Waals surface area contributed by atoms with Gasteiger partial charge in [-0.05, 0) is 67.3 Å². The van der Waals surface area contributed by atoms with E-state index in [0.29, 0.717) is 32.4 Å². The van der Waals surface area contributed by atoms with Crippen LogP contribution >= 0.6 is 0 Å². The van der Waals surface area contributed by atoms with Crippen molar-refractivity contribution in [3.8, 4) is 0 Å². The van der Waals surface area contributed by atoms with Gasteiger partial charge in [-0.15, -0.1) is 0 Å². The van der Waals surface area contributed by atoms with Crippen LogP contribution in [-0.2, 0) is 51.1 Å². The predicted octanol–water partition coefficient (Wildman–Crippen LogP) is 5.73. The van der Waals surface area contributed by atoms with Gasteiger partial charge in [0.15, 0.2) is 0 Å². The van der Waals surface area contributed by atoms with Gasteiger partial charge in [0.2, 0.25) is 23.6 Å². The van der Waals surface area contributed by atoms with Crippen LogP contribution in [-0.4, -0.2) is 158 Å². The number of halogens is 3. The summed E-state index contributed by atoms with van der Waals surface area (Å²) in [7, 11) is 8.61. The number of carboxylic acid groups (broad SMARTS) is 2. The molecule has 2 aromatic carbocycles. The molecule has 388 valence electrons. The zero-order valence-corrected chi connectivity index (χ0v) is 42.3. The van der Waals surface area contributed by atoms with Gasteiger partial charge < -0.3 is 45.4 Å². The molecule has 0 aliphatic carbocycles. The fourth-order valence-corrected chi connectivity index (χ4v) is 8.93. The average Bonchev–Trinajstić information content (AvgIpc) is 3.79. The van der Waals surface area contributed by atoms with E-state index in [9.17, 15) is 42.3 Å². The molecule has 0 spiro atoms. The first-order valence-electron chi connectivity index (χ1n) is 23.6. The Bertz CT molecular complexity index is 1940. The number of carbonyl (C=O) groups is 6. The van der Waals surface area contributed by atoms with Gasteiger partial charge in [-0.3, -0.25) is 24.1 Å². The van der Waals surface area contributed by atoms with E-state index in [1.807, 2.05) is 98.1 Å². The molecule has 1 aliphatic rings. The Labute approximate surface area is 406 Å². The van der Waals surface area contributed by atoms with Crippen molar-refractivity contribution in [3.05, 3.63) is 65.7 Å². The van der Waals surface area contributed by atoms with Gasteiger partial charge in [0.05, 0.1) is 42.7 Å². The minimum atomic E-state index is -5.08. The molecular formula is C50H77F3N6O10. The second-order valence-electron chi connectivity index (χ2n) is 18.6. The Balaban J connectivity index is 0.00000216. The van der Waals surface area contributed by atoms with Gasteiger partial charge >= 0.3 is 18.1 Å². The summed E-state index contributed by atoms with van der Waals surface area (Å²) in [5, 5.41) is 26.0. The lowest BCUT2D eigenvalue weighted by atomic mass is 9.89. The highest BCUT2D eigenvalue weighted by molar-refractivity contribution is 5.90. The summed E-state index contributed by atoms with van der Waals surface area (Å²) in [6.07, 6.45) is -3.58. The highest BCUT2D eigenvalue weighted by Crippen LogP contribution is 2.30. The average molecular weight is 979 g/mol. The first-order chi connectivity index (χ1) is 32.3. The summed E-state index contributed by atoms with van der Waals surface area (Å²) in [6, 6.07) is 14.0. The van der Waals surface area contributed by atoms with Gasteiger partial charge in [0, 0.05) is 53.5 Å². The number of carboxylic acids is 2. The fraction of sp³-hybridized carbons (Fsp3) is 0.640. The van der Waals surface area contributed by atoms with E-state index < -0.39 is 72.4 Å². The molecule has 2 aromatic rings. The molecule has 16 nitrogen and oxygen atoms in total. The maximum absolute atomic E-state index is 14.6. The number of aliphatic carboxylic acids is 2. The summed E-state index contributed by atoms with van der Waals surface area (Å²) in [5.41, 5.74) is 2.98. The van der Waals surface area contributed by atoms with Crippen LogP contribution in [0.3, 0.4) is 0 Å². The Hall–Kier alpha value is -5.27. The number of benzene rings is 2. The monoisotopic (exact) mass is 979 g/mol. The molecule has 1 aliphatic heterocycles. The number of likely N-dealkylation sites (N-methyl/N-ethyl adjacent to an activating group) is 2. The van der Waals surface area contributed by atoms with Crippen LogP contribution in [0.2, 0.25) is 0 Å². The van der Waals surface area contributed by atoms with E-state index in [2.05, 4.69) is 33.0 Å². The van der Waals surface area contributed by atoms with Crippen molar-refractivity contribution >= 4 is 41.3 Å². The van der Waals surface area contributed by atoms with Crippen LogP contribution in [0, 0.1) is 23.7 Å². The number of amides is 4. The number of nitrogens with zero attached hydrogens (tertiary/aromatic N) is 3. The van der Waals surface area contributed by atoms with E-state index in [0.717, 1.165) is 17.7 Å². The molecule has 0 bridgehead atoms. The van der Waals surface area contributed by atoms with Gasteiger partial charge in [-0.2, -0.15) is 13.2 Å². The van der Waals surface area contributed by atoms with Crippen LogP contribution in [0.25, 0.3) is 0 Å². The zero-order chi connectivity index (χ0) is 52.3. The Morgan fingerprint density at radius 3 is 1.91 bits per heavy atom. The number of alkyl halides is 3. The smallest absolute Gasteiger partial charge is 0.480 e.